The number of rotatable bonds is 3. The van der Waals surface area contributed by atoms with Crippen LogP contribution in [0.2, 0.25) is 0 Å². The number of anilines is 2. The Morgan fingerprint density at radius 1 is 1.30 bits per heavy atom. The molecule has 0 saturated carbocycles. The van der Waals surface area contributed by atoms with E-state index in [-0.39, 0.29) is 11.3 Å². The van der Waals surface area contributed by atoms with Gasteiger partial charge in [-0.05, 0) is 5.56 Å². The van der Waals surface area contributed by atoms with Gasteiger partial charge in [0.1, 0.15) is 5.00 Å². The van der Waals surface area contributed by atoms with E-state index in [1.165, 1.54) is 11.3 Å². The summed E-state index contributed by atoms with van der Waals surface area (Å²) >= 11 is 1.31. The van der Waals surface area contributed by atoms with Crippen molar-refractivity contribution in [1.82, 2.24) is 4.98 Å². The van der Waals surface area contributed by atoms with E-state index >= 15 is 0 Å². The molecule has 5 heteroatoms. The Hall–Kier alpha value is -1.88. The predicted molar refractivity (Wildman–Crippen MR) is 84.0 cm³/mol. The van der Waals surface area contributed by atoms with Gasteiger partial charge in [-0.15, -0.1) is 0 Å². The molecule has 0 atom stereocenters. The molecule has 0 spiro atoms. The minimum absolute atomic E-state index is 0.0783. The number of hydrogen-bond donors (Lipinski definition) is 2. The Morgan fingerprint density at radius 2 is 1.95 bits per heavy atom. The Labute approximate surface area is 123 Å². The van der Waals surface area contributed by atoms with Crippen LogP contribution in [0, 0.1) is 0 Å². The van der Waals surface area contributed by atoms with Crippen LogP contribution in [0.25, 0.3) is 0 Å². The van der Waals surface area contributed by atoms with Crippen LogP contribution in [0.1, 0.15) is 32.0 Å². The fourth-order valence-corrected chi connectivity index (χ4v) is 2.83. The van der Waals surface area contributed by atoms with E-state index in [2.05, 4.69) is 10.3 Å². The summed E-state index contributed by atoms with van der Waals surface area (Å²) in [7, 11) is 0. The molecule has 2 rings (SSSR count). The number of thiazole rings is 1. The van der Waals surface area contributed by atoms with Gasteiger partial charge < -0.3 is 11.1 Å². The Bertz CT molecular complexity index is 599. The van der Waals surface area contributed by atoms with E-state index in [9.17, 15) is 4.79 Å². The van der Waals surface area contributed by atoms with Gasteiger partial charge in [0.15, 0.2) is 5.13 Å². The number of aromatic nitrogens is 1. The van der Waals surface area contributed by atoms with Gasteiger partial charge in [-0.1, -0.05) is 62.4 Å². The van der Waals surface area contributed by atoms with Gasteiger partial charge in [-0.25, -0.2) is 4.98 Å². The number of nitrogen functional groups attached to an aromatic ring is 1. The molecule has 0 saturated heterocycles. The first-order valence-electron chi connectivity index (χ1n) is 6.47. The molecule has 2 aromatic rings. The molecule has 3 N–H and O–H groups in total. The maximum Gasteiger partial charge on any atom is 0.230 e. The molecule has 106 valence electrons. The number of amides is 1. The molecule has 0 unspecified atom stereocenters. The zero-order valence-corrected chi connectivity index (χ0v) is 12.8. The first-order chi connectivity index (χ1) is 9.36. The van der Waals surface area contributed by atoms with E-state index < -0.39 is 0 Å². The number of nitrogens with two attached hydrogens (primary N) is 1. The fraction of sp³-hybridized carbons (Fsp3) is 0.333. The molecule has 4 nitrogen and oxygen atoms in total. The average Bonchev–Trinajstić information content (AvgIpc) is 2.71. The minimum atomic E-state index is -0.122. The third kappa shape index (κ3) is 3.57. The van der Waals surface area contributed by atoms with Crippen LogP contribution in [0.3, 0.4) is 0 Å². The summed E-state index contributed by atoms with van der Waals surface area (Å²) in [6.07, 6.45) is 0.338. The first kappa shape index (κ1) is 14.5. The van der Waals surface area contributed by atoms with Gasteiger partial charge in [0, 0.05) is 5.41 Å². The van der Waals surface area contributed by atoms with Crippen LogP contribution in [0.15, 0.2) is 30.3 Å². The highest BCUT2D eigenvalue weighted by atomic mass is 32.1. The van der Waals surface area contributed by atoms with E-state index in [0.29, 0.717) is 16.6 Å². The second-order valence-corrected chi connectivity index (χ2v) is 6.72. The molecule has 0 aliphatic carbocycles. The predicted octanol–water partition coefficient (Wildman–Crippen LogP) is 3.20. The van der Waals surface area contributed by atoms with Gasteiger partial charge in [-0.3, -0.25) is 4.79 Å². The molecular formula is C15H19N3OS. The summed E-state index contributed by atoms with van der Waals surface area (Å²) in [6.45, 7) is 6.15. The van der Waals surface area contributed by atoms with Crippen LogP contribution in [0.5, 0.6) is 0 Å². The van der Waals surface area contributed by atoms with Gasteiger partial charge in [0.2, 0.25) is 5.91 Å². The third-order valence-electron chi connectivity index (χ3n) is 2.82. The van der Waals surface area contributed by atoms with Crippen molar-refractivity contribution in [2.24, 2.45) is 0 Å². The van der Waals surface area contributed by atoms with Crippen LogP contribution in [-0.2, 0) is 16.6 Å². The summed E-state index contributed by atoms with van der Waals surface area (Å²) in [5, 5.41) is 4.04. The molecule has 0 aliphatic rings. The maximum atomic E-state index is 12.0. The van der Waals surface area contributed by atoms with Crippen molar-refractivity contribution in [2.75, 3.05) is 11.1 Å². The number of carbonyl (C=O) groups excluding carboxylic acids is 1. The van der Waals surface area contributed by atoms with Crippen LogP contribution in [-0.4, -0.2) is 10.9 Å². The van der Waals surface area contributed by atoms with Crippen molar-refractivity contribution in [3.05, 3.63) is 41.6 Å². The molecule has 1 heterocycles. The summed E-state index contributed by atoms with van der Waals surface area (Å²) in [5.74, 6) is -0.0783. The lowest BCUT2D eigenvalue weighted by atomic mass is 9.93. The number of carbonyl (C=O) groups is 1. The molecule has 1 amide bonds. The number of nitrogens with one attached hydrogen (secondary N) is 1. The van der Waals surface area contributed by atoms with Crippen molar-refractivity contribution < 1.29 is 4.79 Å². The van der Waals surface area contributed by atoms with Crippen molar-refractivity contribution in [1.29, 1.82) is 0 Å². The molecular weight excluding hydrogens is 270 g/mol. The number of benzene rings is 1. The number of nitrogens with zero attached hydrogens (tertiary/aromatic N) is 1. The Morgan fingerprint density at radius 3 is 2.50 bits per heavy atom. The highest BCUT2D eigenvalue weighted by Crippen LogP contribution is 2.33. The lowest BCUT2D eigenvalue weighted by Gasteiger charge is -2.15. The Kier molecular flexibility index (Phi) is 4.09. The van der Waals surface area contributed by atoms with E-state index in [0.717, 1.165) is 11.3 Å². The van der Waals surface area contributed by atoms with Crippen molar-refractivity contribution >= 4 is 27.4 Å². The molecule has 0 radical (unpaired) electrons. The monoisotopic (exact) mass is 289 g/mol. The molecule has 1 aromatic heterocycles. The maximum absolute atomic E-state index is 12.0. The van der Waals surface area contributed by atoms with E-state index in [1.54, 1.807) is 0 Å². The largest absolute Gasteiger partial charge is 0.389 e. The zero-order chi connectivity index (χ0) is 14.8. The van der Waals surface area contributed by atoms with Gasteiger partial charge in [0.05, 0.1) is 12.1 Å². The third-order valence-corrected chi connectivity index (χ3v) is 3.62. The summed E-state index contributed by atoms with van der Waals surface area (Å²) in [4.78, 5) is 16.4. The van der Waals surface area contributed by atoms with Gasteiger partial charge >= 0.3 is 0 Å². The SMILES string of the molecule is CC(C)(C)c1nc(NC(=O)Cc2ccccc2)sc1N. The summed E-state index contributed by atoms with van der Waals surface area (Å²) in [5.41, 5.74) is 7.65. The van der Waals surface area contributed by atoms with Crippen LogP contribution in [0.4, 0.5) is 10.1 Å². The highest BCUT2D eigenvalue weighted by Gasteiger charge is 2.22. The van der Waals surface area contributed by atoms with E-state index in [1.807, 2.05) is 51.1 Å². The normalized spacial score (nSPS) is 11.3. The molecule has 1 aromatic carbocycles. The quantitative estimate of drug-likeness (QED) is 0.911. The second kappa shape index (κ2) is 5.63. The van der Waals surface area contributed by atoms with Crippen molar-refractivity contribution in [3.8, 4) is 0 Å². The fourth-order valence-electron chi connectivity index (χ4n) is 1.87. The Balaban J connectivity index is 2.05. The van der Waals surface area contributed by atoms with Crippen molar-refractivity contribution in [3.63, 3.8) is 0 Å². The lowest BCUT2D eigenvalue weighted by Crippen LogP contribution is -2.16. The lowest BCUT2D eigenvalue weighted by molar-refractivity contribution is -0.115. The molecule has 20 heavy (non-hydrogen) atoms. The van der Waals surface area contributed by atoms with Crippen LogP contribution < -0.4 is 11.1 Å². The first-order valence-corrected chi connectivity index (χ1v) is 7.28. The van der Waals surface area contributed by atoms with Crippen molar-refractivity contribution in [2.45, 2.75) is 32.6 Å². The molecule has 0 bridgehead atoms. The zero-order valence-electron chi connectivity index (χ0n) is 11.9. The number of hydrogen-bond acceptors (Lipinski definition) is 4. The molecule has 0 aliphatic heterocycles. The smallest absolute Gasteiger partial charge is 0.230 e. The van der Waals surface area contributed by atoms with Crippen LogP contribution >= 0.6 is 11.3 Å². The summed E-state index contributed by atoms with van der Waals surface area (Å²) < 4.78 is 0. The van der Waals surface area contributed by atoms with E-state index in [4.69, 9.17) is 5.73 Å². The molecule has 0 fully saturated rings. The summed E-state index contributed by atoms with van der Waals surface area (Å²) in [6, 6.07) is 9.62. The van der Waals surface area contributed by atoms with Gasteiger partial charge in [-0.2, -0.15) is 0 Å². The topological polar surface area (TPSA) is 68.0 Å². The highest BCUT2D eigenvalue weighted by molar-refractivity contribution is 7.19. The standard InChI is InChI=1S/C15H19N3OS/c1-15(2,3)12-13(16)20-14(18-12)17-11(19)9-10-7-5-4-6-8-10/h4-8H,9,16H2,1-3H3,(H,17,18,19). The minimum Gasteiger partial charge on any atom is -0.389 e. The van der Waals surface area contributed by atoms with Gasteiger partial charge in [0.25, 0.3) is 0 Å². The average molecular weight is 289 g/mol. The second-order valence-electron chi connectivity index (χ2n) is 5.69.